The lowest BCUT2D eigenvalue weighted by atomic mass is 9.85. The van der Waals surface area contributed by atoms with Gasteiger partial charge in [0.15, 0.2) is 6.20 Å². The highest BCUT2D eigenvalue weighted by Crippen LogP contribution is 2.29. The fourth-order valence-electron chi connectivity index (χ4n) is 4.90. The Kier molecular flexibility index (Phi) is 10.6. The molecule has 1 fully saturated rings. The topological polar surface area (TPSA) is 13.1 Å². The fourth-order valence-corrected chi connectivity index (χ4v) is 5.87. The molecule has 32 heavy (non-hydrogen) atoms. The average molecular weight is 562 g/mol. The molecule has 1 aliphatic rings. The second-order valence-corrected chi connectivity index (χ2v) is 9.93. The molecule has 0 saturated heterocycles. The van der Waals surface area contributed by atoms with E-state index in [1.54, 1.807) is 7.11 Å². The van der Waals surface area contributed by atoms with Crippen molar-refractivity contribution in [1.82, 2.24) is 0 Å². The highest BCUT2D eigenvalue weighted by Gasteiger charge is 2.14. The maximum atomic E-state index is 5.53. The number of thioether (sulfide) groups is 1. The first-order valence-corrected chi connectivity index (χ1v) is 13.0. The molecule has 0 bridgehead atoms. The number of unbranched alkanes of at least 4 members (excludes halogenated alkanes) is 2. The molecular weight excluding hydrogens is 525 g/mol. The van der Waals surface area contributed by atoms with Crippen molar-refractivity contribution < 1.29 is 33.3 Å². The van der Waals surface area contributed by atoms with Crippen LogP contribution in [0, 0.1) is 5.92 Å². The third-order valence-corrected chi connectivity index (χ3v) is 7.66. The Hall–Kier alpha value is -1.27. The number of ether oxygens (including phenoxy) is 1. The van der Waals surface area contributed by atoms with Crippen LogP contribution >= 0.6 is 11.8 Å². The van der Waals surface area contributed by atoms with Crippen molar-refractivity contribution in [1.29, 1.82) is 0 Å². The number of rotatable bonds is 10. The number of fused-ring (bicyclic) bond motifs is 1. The molecule has 1 saturated carbocycles. The number of pyridine rings is 1. The first-order chi connectivity index (χ1) is 15.3. The zero-order valence-electron chi connectivity index (χ0n) is 19.3. The molecule has 0 N–H and O–H groups in total. The number of methoxy groups -OCH3 is 1. The van der Waals surface area contributed by atoms with E-state index in [0.29, 0.717) is 0 Å². The zero-order valence-corrected chi connectivity index (χ0v) is 22.2. The molecule has 3 aromatic rings. The van der Waals surface area contributed by atoms with Crippen molar-refractivity contribution >= 4 is 22.7 Å². The van der Waals surface area contributed by atoms with Crippen LogP contribution in [0.15, 0.2) is 65.7 Å². The molecule has 172 valence electrons. The molecule has 1 heterocycles. The smallest absolute Gasteiger partial charge is 0.212 e. The summed E-state index contributed by atoms with van der Waals surface area (Å²) in [5.74, 6) is 2.91. The summed E-state index contributed by atoms with van der Waals surface area (Å²) in [5.41, 5.74) is 2.59. The van der Waals surface area contributed by atoms with Crippen molar-refractivity contribution in [3.05, 3.63) is 66.4 Å². The van der Waals surface area contributed by atoms with Crippen molar-refractivity contribution in [3.8, 4) is 5.75 Å². The number of benzene rings is 2. The molecule has 0 unspecified atom stereocenters. The van der Waals surface area contributed by atoms with E-state index in [4.69, 9.17) is 4.74 Å². The van der Waals surface area contributed by atoms with E-state index in [-0.39, 0.29) is 24.0 Å². The largest absolute Gasteiger partial charge is 1.00 e. The molecule has 0 spiro atoms. The van der Waals surface area contributed by atoms with Crippen molar-refractivity contribution in [2.45, 2.75) is 75.0 Å². The van der Waals surface area contributed by atoms with Gasteiger partial charge in [0.1, 0.15) is 12.3 Å². The van der Waals surface area contributed by atoms with Crippen LogP contribution in [0.4, 0.5) is 0 Å². The standard InChI is InChI=1S/C28H36NOS.HI/c1-30-28-18-10-8-16-25(28)22-31-26-20-24-15-7-9-17-27(24)29(21-26)19-11-3-6-14-23-12-4-2-5-13-23;/h7-10,15-18,20-21,23H,2-6,11-14,19,22H2,1H3;1H/q+1;/p-1. The SMILES string of the molecule is COc1ccccc1CSc1cc2ccccc2[n+](CCCCCC2CCCCC2)c1.[I-]. The van der Waals surface area contributed by atoms with E-state index in [0.717, 1.165) is 24.0 Å². The Balaban J connectivity index is 0.00000289. The van der Waals surface area contributed by atoms with Crippen LogP contribution in [0.2, 0.25) is 0 Å². The predicted octanol–water partition coefficient (Wildman–Crippen LogP) is 4.57. The zero-order chi connectivity index (χ0) is 21.3. The van der Waals surface area contributed by atoms with E-state index in [9.17, 15) is 0 Å². The van der Waals surface area contributed by atoms with Crippen molar-refractivity contribution in [3.63, 3.8) is 0 Å². The molecule has 2 aromatic carbocycles. The van der Waals surface area contributed by atoms with E-state index >= 15 is 0 Å². The summed E-state index contributed by atoms with van der Waals surface area (Å²) >= 11 is 1.89. The summed E-state index contributed by atoms with van der Waals surface area (Å²) in [6.07, 6.45) is 15.1. The highest BCUT2D eigenvalue weighted by atomic mass is 127. The van der Waals surface area contributed by atoms with Gasteiger partial charge in [0.2, 0.25) is 5.52 Å². The molecule has 1 aliphatic carbocycles. The molecule has 1 aromatic heterocycles. The van der Waals surface area contributed by atoms with Gasteiger partial charge < -0.3 is 28.7 Å². The van der Waals surface area contributed by atoms with Gasteiger partial charge in [0.05, 0.1) is 12.0 Å². The Morgan fingerprint density at radius 3 is 2.56 bits per heavy atom. The third-order valence-electron chi connectivity index (χ3n) is 6.65. The summed E-state index contributed by atoms with van der Waals surface area (Å²) in [6.45, 7) is 1.11. The van der Waals surface area contributed by atoms with Gasteiger partial charge in [-0.05, 0) is 30.5 Å². The lowest BCUT2D eigenvalue weighted by Crippen LogP contribution is -3.00. The molecule has 2 nitrogen and oxygen atoms in total. The molecule has 4 heteroatoms. The molecule has 0 radical (unpaired) electrons. The Bertz CT molecular complexity index is 971. The van der Waals surface area contributed by atoms with E-state index < -0.39 is 0 Å². The summed E-state index contributed by atoms with van der Waals surface area (Å²) in [4.78, 5) is 1.33. The van der Waals surface area contributed by atoms with E-state index in [1.807, 2.05) is 23.9 Å². The van der Waals surface area contributed by atoms with Gasteiger partial charge in [0, 0.05) is 29.2 Å². The maximum absolute atomic E-state index is 5.53. The van der Waals surface area contributed by atoms with Crippen LogP contribution in [0.25, 0.3) is 10.9 Å². The van der Waals surface area contributed by atoms with Crippen LogP contribution in [0.1, 0.15) is 63.4 Å². The Morgan fingerprint density at radius 1 is 0.938 bits per heavy atom. The quantitative estimate of drug-likeness (QED) is 0.156. The van der Waals surface area contributed by atoms with Crippen LogP contribution in [0.3, 0.4) is 0 Å². The summed E-state index contributed by atoms with van der Waals surface area (Å²) in [7, 11) is 1.75. The van der Waals surface area contributed by atoms with Crippen LogP contribution in [0.5, 0.6) is 5.75 Å². The number of halogens is 1. The lowest BCUT2D eigenvalue weighted by molar-refractivity contribution is -0.673. The number of hydrogen-bond donors (Lipinski definition) is 0. The average Bonchev–Trinajstić information content (AvgIpc) is 2.83. The van der Waals surface area contributed by atoms with Gasteiger partial charge in [0.25, 0.3) is 0 Å². The predicted molar refractivity (Wildman–Crippen MR) is 132 cm³/mol. The lowest BCUT2D eigenvalue weighted by Gasteiger charge is -2.21. The molecular formula is C28H36INOS. The van der Waals surface area contributed by atoms with Crippen LogP contribution in [-0.2, 0) is 12.3 Å². The number of para-hydroxylation sites is 2. The summed E-state index contributed by atoms with van der Waals surface area (Å²) in [6, 6.07) is 19.5. The van der Waals surface area contributed by atoms with Crippen LogP contribution < -0.4 is 33.3 Å². The Morgan fingerprint density at radius 2 is 1.72 bits per heavy atom. The number of aryl methyl sites for hydroxylation is 1. The minimum absolute atomic E-state index is 0. The minimum atomic E-state index is 0. The van der Waals surface area contributed by atoms with Gasteiger partial charge in [-0.3, -0.25) is 0 Å². The maximum Gasteiger partial charge on any atom is 0.212 e. The van der Waals surface area contributed by atoms with Gasteiger partial charge in [-0.25, -0.2) is 0 Å². The monoisotopic (exact) mass is 561 g/mol. The first-order valence-electron chi connectivity index (χ1n) is 12.0. The normalized spacial score (nSPS) is 14.3. The second-order valence-electron chi connectivity index (χ2n) is 8.88. The second kappa shape index (κ2) is 13.4. The van der Waals surface area contributed by atoms with Gasteiger partial charge >= 0.3 is 0 Å². The van der Waals surface area contributed by atoms with Gasteiger partial charge in [-0.1, -0.05) is 75.3 Å². The summed E-state index contributed by atoms with van der Waals surface area (Å²) < 4.78 is 8.00. The number of hydrogen-bond acceptors (Lipinski definition) is 2. The Labute approximate surface area is 215 Å². The van der Waals surface area contributed by atoms with E-state index in [1.165, 1.54) is 79.1 Å². The highest BCUT2D eigenvalue weighted by molar-refractivity contribution is 7.98. The van der Waals surface area contributed by atoms with Crippen LogP contribution in [-0.4, -0.2) is 7.11 Å². The molecule has 0 atom stereocenters. The molecule has 0 amide bonds. The number of aromatic nitrogens is 1. The number of nitrogens with zero attached hydrogens (tertiary/aromatic N) is 1. The first kappa shape index (κ1) is 25.4. The molecule has 4 rings (SSSR count). The fraction of sp³-hybridized carbons (Fsp3) is 0.464. The van der Waals surface area contributed by atoms with Gasteiger partial charge in [-0.2, -0.15) is 4.57 Å². The summed E-state index contributed by atoms with van der Waals surface area (Å²) in [5, 5.41) is 1.33. The molecule has 0 aliphatic heterocycles. The third kappa shape index (κ3) is 7.11. The van der Waals surface area contributed by atoms with Crippen molar-refractivity contribution in [2.75, 3.05) is 7.11 Å². The van der Waals surface area contributed by atoms with Gasteiger partial charge in [-0.15, -0.1) is 11.8 Å². The van der Waals surface area contributed by atoms with E-state index in [2.05, 4.69) is 53.2 Å². The minimum Gasteiger partial charge on any atom is -1.00 e. The van der Waals surface area contributed by atoms with Crippen molar-refractivity contribution in [2.24, 2.45) is 5.92 Å².